The van der Waals surface area contributed by atoms with Crippen molar-refractivity contribution in [2.75, 3.05) is 46.4 Å². The average molecular weight is 537 g/mol. The van der Waals surface area contributed by atoms with Crippen molar-refractivity contribution in [2.24, 2.45) is 9.98 Å². The van der Waals surface area contributed by atoms with Gasteiger partial charge in [0.2, 0.25) is 0 Å². The van der Waals surface area contributed by atoms with Crippen LogP contribution in [0.5, 0.6) is 0 Å². The van der Waals surface area contributed by atoms with Crippen LogP contribution >= 0.6 is 11.3 Å². The Kier molecular flexibility index (Phi) is 11.9. The summed E-state index contributed by atoms with van der Waals surface area (Å²) in [5.74, 6) is -0.350. The number of hydrogen-bond acceptors (Lipinski definition) is 8. The highest BCUT2D eigenvalue weighted by Crippen LogP contribution is 2.25. The number of carbonyl (C=O) groups is 1. The number of aryl methyl sites for hydroxylation is 3. The Morgan fingerprint density at radius 3 is 2.87 bits per heavy atom. The first-order valence-electron chi connectivity index (χ1n) is 13.2. The molecule has 8 nitrogen and oxygen atoms in total. The van der Waals surface area contributed by atoms with E-state index >= 15 is 0 Å². The zero-order valence-electron chi connectivity index (χ0n) is 23.0. The number of thiazole rings is 1. The molecule has 38 heavy (non-hydrogen) atoms. The summed E-state index contributed by atoms with van der Waals surface area (Å²) in [6.45, 7) is 14.1. The minimum atomic E-state index is -0.350. The van der Waals surface area contributed by atoms with E-state index in [1.54, 1.807) is 19.3 Å². The van der Waals surface area contributed by atoms with Crippen LogP contribution in [-0.4, -0.2) is 80.1 Å². The Morgan fingerprint density at radius 2 is 2.11 bits per heavy atom. The van der Waals surface area contributed by atoms with Crippen molar-refractivity contribution in [3.8, 4) is 0 Å². The summed E-state index contributed by atoms with van der Waals surface area (Å²) in [6.07, 6.45) is 8.90. The lowest BCUT2D eigenvalue weighted by atomic mass is 10.1. The highest BCUT2D eigenvalue weighted by atomic mass is 32.1. The maximum atomic E-state index is 12.2. The summed E-state index contributed by atoms with van der Waals surface area (Å²) in [5, 5.41) is 5.27. The number of fused-ring (bicyclic) bond motifs is 1. The second kappa shape index (κ2) is 15.3. The molecule has 3 rings (SSSR count). The lowest BCUT2D eigenvalue weighted by Gasteiger charge is -2.21. The van der Waals surface area contributed by atoms with Gasteiger partial charge in [-0.1, -0.05) is 11.6 Å². The lowest BCUT2D eigenvalue weighted by Crippen LogP contribution is -2.33. The number of aromatic nitrogens is 2. The van der Waals surface area contributed by atoms with E-state index in [1.807, 2.05) is 14.0 Å². The van der Waals surface area contributed by atoms with E-state index in [1.165, 1.54) is 33.4 Å². The first-order chi connectivity index (χ1) is 18.5. The van der Waals surface area contributed by atoms with Gasteiger partial charge in [0, 0.05) is 54.7 Å². The molecule has 0 bridgehead atoms. The van der Waals surface area contributed by atoms with Crippen LogP contribution in [0.15, 0.2) is 40.6 Å². The molecule has 0 aliphatic rings. The van der Waals surface area contributed by atoms with Gasteiger partial charge in [-0.3, -0.25) is 9.98 Å². The van der Waals surface area contributed by atoms with Gasteiger partial charge in [0.1, 0.15) is 9.88 Å². The van der Waals surface area contributed by atoms with Gasteiger partial charge in [-0.15, -0.1) is 11.3 Å². The van der Waals surface area contributed by atoms with Crippen LogP contribution in [0.2, 0.25) is 0 Å². The molecule has 2 aromatic heterocycles. The Bertz CT molecular complexity index is 1260. The van der Waals surface area contributed by atoms with E-state index in [2.05, 4.69) is 68.2 Å². The number of aromatic amines is 1. The number of unbranched alkanes of at least 4 members (excludes halogenated alkanes) is 1. The predicted molar refractivity (Wildman–Crippen MR) is 160 cm³/mol. The third-order valence-corrected chi connectivity index (χ3v) is 7.47. The summed E-state index contributed by atoms with van der Waals surface area (Å²) in [7, 11) is 1.98. The zero-order valence-corrected chi connectivity index (χ0v) is 23.9. The highest BCUT2D eigenvalue weighted by molar-refractivity contribution is 7.15. The SMILES string of the molecule is C=N/C=C(\C=NCCN(CCCCc1c[nH]c2ccc(C)cc12)CCNC)c1nc(C)c(C(=O)OCC)s1. The quantitative estimate of drug-likeness (QED) is 0.151. The molecule has 0 aliphatic heterocycles. The summed E-state index contributed by atoms with van der Waals surface area (Å²) in [4.78, 5) is 31.6. The van der Waals surface area contributed by atoms with Gasteiger partial charge in [-0.25, -0.2) is 9.78 Å². The van der Waals surface area contributed by atoms with Crippen molar-refractivity contribution in [1.82, 2.24) is 20.2 Å². The lowest BCUT2D eigenvalue weighted by molar-refractivity contribution is 0.0531. The number of esters is 1. The summed E-state index contributed by atoms with van der Waals surface area (Å²) in [5.41, 5.74) is 5.29. The molecule has 0 saturated heterocycles. The largest absolute Gasteiger partial charge is 0.462 e. The highest BCUT2D eigenvalue weighted by Gasteiger charge is 2.17. The third kappa shape index (κ3) is 8.44. The molecule has 0 aliphatic carbocycles. The predicted octanol–water partition coefficient (Wildman–Crippen LogP) is 5.07. The molecule has 2 N–H and O–H groups in total. The number of H-pyrrole nitrogens is 1. The standard InChI is InChI=1S/C29H40N6O2S/c1-6-37-29(36)27-22(3)34-28(38-27)24(18-31-5)19-32-13-16-35(15-12-30-4)14-8-7-9-23-20-33-26-11-10-21(2)17-25(23)26/h10-11,17-20,30,33H,5-9,12-16H2,1-4H3/b24-18+,32-19?. The van der Waals surface area contributed by atoms with Crippen molar-refractivity contribution in [3.63, 3.8) is 0 Å². The fourth-order valence-corrected chi connectivity index (χ4v) is 5.20. The maximum absolute atomic E-state index is 12.2. The molecule has 0 amide bonds. The Labute approximate surface area is 229 Å². The Hall–Kier alpha value is -3.14. The van der Waals surface area contributed by atoms with Crippen molar-refractivity contribution >= 4 is 46.7 Å². The van der Waals surface area contributed by atoms with Crippen molar-refractivity contribution in [1.29, 1.82) is 0 Å². The molecule has 0 atom stereocenters. The monoisotopic (exact) mass is 536 g/mol. The molecule has 0 saturated carbocycles. The van der Waals surface area contributed by atoms with Crippen LogP contribution in [0.4, 0.5) is 0 Å². The number of nitrogens with zero attached hydrogens (tertiary/aromatic N) is 4. The van der Waals surface area contributed by atoms with E-state index in [0.717, 1.165) is 51.0 Å². The van der Waals surface area contributed by atoms with E-state index in [9.17, 15) is 4.79 Å². The first-order valence-corrected chi connectivity index (χ1v) is 14.0. The van der Waals surface area contributed by atoms with Crippen LogP contribution in [-0.2, 0) is 11.2 Å². The van der Waals surface area contributed by atoms with Gasteiger partial charge in [-0.2, -0.15) is 0 Å². The van der Waals surface area contributed by atoms with E-state index in [-0.39, 0.29) is 5.97 Å². The van der Waals surface area contributed by atoms with Crippen molar-refractivity contribution < 1.29 is 9.53 Å². The molecular weight excluding hydrogens is 496 g/mol. The molecule has 1 aromatic carbocycles. The number of allylic oxidation sites excluding steroid dienone is 1. The minimum absolute atomic E-state index is 0.330. The summed E-state index contributed by atoms with van der Waals surface area (Å²) < 4.78 is 5.13. The average Bonchev–Trinajstić information content (AvgIpc) is 3.49. The molecule has 3 aromatic rings. The van der Waals surface area contributed by atoms with Crippen LogP contribution in [0, 0.1) is 13.8 Å². The summed E-state index contributed by atoms with van der Waals surface area (Å²) >= 11 is 1.29. The fourth-order valence-electron chi connectivity index (χ4n) is 4.27. The number of hydrogen-bond donors (Lipinski definition) is 2. The number of likely N-dealkylation sites (N-methyl/N-ethyl adjacent to an activating group) is 1. The van der Waals surface area contributed by atoms with Crippen LogP contribution in [0.1, 0.15) is 51.3 Å². The number of rotatable bonds is 16. The fraction of sp³-hybridized carbons (Fsp3) is 0.448. The molecule has 9 heteroatoms. The topological polar surface area (TPSA) is 95.0 Å². The van der Waals surface area contributed by atoms with Gasteiger partial charge in [0.05, 0.1) is 18.8 Å². The molecule has 2 heterocycles. The third-order valence-electron chi connectivity index (χ3n) is 6.28. The van der Waals surface area contributed by atoms with Gasteiger partial charge < -0.3 is 19.9 Å². The molecule has 0 radical (unpaired) electrons. The Morgan fingerprint density at radius 1 is 1.26 bits per heavy atom. The van der Waals surface area contributed by atoms with E-state index in [4.69, 9.17) is 4.74 Å². The maximum Gasteiger partial charge on any atom is 0.350 e. The van der Waals surface area contributed by atoms with Gasteiger partial charge in [-0.05, 0) is 78.0 Å². The zero-order chi connectivity index (χ0) is 27.3. The van der Waals surface area contributed by atoms with Crippen molar-refractivity contribution in [3.05, 3.63) is 57.3 Å². The molecular formula is C29H40N6O2S. The second-order valence-electron chi connectivity index (χ2n) is 9.22. The summed E-state index contributed by atoms with van der Waals surface area (Å²) in [6, 6.07) is 6.58. The number of benzene rings is 1. The van der Waals surface area contributed by atoms with E-state index in [0.29, 0.717) is 28.7 Å². The number of nitrogens with one attached hydrogen (secondary N) is 2. The first kappa shape index (κ1) is 29.4. The van der Waals surface area contributed by atoms with Crippen LogP contribution < -0.4 is 5.32 Å². The molecule has 204 valence electrons. The smallest absolute Gasteiger partial charge is 0.350 e. The Balaban J connectivity index is 1.53. The van der Waals surface area contributed by atoms with E-state index < -0.39 is 0 Å². The number of aliphatic imine (C=N–C) groups is 2. The van der Waals surface area contributed by atoms with Crippen LogP contribution in [0.3, 0.4) is 0 Å². The molecule has 0 unspecified atom stereocenters. The second-order valence-corrected chi connectivity index (χ2v) is 10.2. The minimum Gasteiger partial charge on any atom is -0.462 e. The number of ether oxygens (including phenoxy) is 1. The molecule has 0 spiro atoms. The normalized spacial score (nSPS) is 12.2. The number of carbonyl (C=O) groups excluding carboxylic acids is 1. The molecule has 0 fully saturated rings. The van der Waals surface area contributed by atoms with Crippen molar-refractivity contribution in [2.45, 2.75) is 40.0 Å². The van der Waals surface area contributed by atoms with Gasteiger partial charge in [0.15, 0.2) is 0 Å². The van der Waals surface area contributed by atoms with Crippen LogP contribution in [0.25, 0.3) is 16.5 Å². The van der Waals surface area contributed by atoms with Gasteiger partial charge in [0.25, 0.3) is 0 Å². The van der Waals surface area contributed by atoms with Gasteiger partial charge >= 0.3 is 5.97 Å².